The molecule has 0 radical (unpaired) electrons. The number of imide groups is 1. The van der Waals surface area contributed by atoms with E-state index in [0.717, 1.165) is 25.1 Å². The summed E-state index contributed by atoms with van der Waals surface area (Å²) in [6.45, 7) is 7.75. The number of likely N-dealkylation sites (tertiary alicyclic amines) is 1. The van der Waals surface area contributed by atoms with Crippen LogP contribution in [-0.2, 0) is 9.59 Å². The zero-order chi connectivity index (χ0) is 21.6. The van der Waals surface area contributed by atoms with Gasteiger partial charge < -0.3 is 4.90 Å². The van der Waals surface area contributed by atoms with Gasteiger partial charge in [-0.1, -0.05) is 55.2 Å². The summed E-state index contributed by atoms with van der Waals surface area (Å²) >= 11 is 12.4. The molecule has 156 valence electrons. The highest BCUT2D eigenvalue weighted by Crippen LogP contribution is 2.38. The molecule has 2 aliphatic heterocycles. The fourth-order valence-electron chi connectivity index (χ4n) is 4.49. The summed E-state index contributed by atoms with van der Waals surface area (Å²) in [6.07, 6.45) is 1.11. The second-order valence-corrected chi connectivity index (χ2v) is 9.30. The van der Waals surface area contributed by atoms with E-state index in [1.165, 1.54) is 4.90 Å². The van der Waals surface area contributed by atoms with E-state index in [0.29, 0.717) is 44.4 Å². The summed E-state index contributed by atoms with van der Waals surface area (Å²) in [5.74, 6) is 0.256. The maximum absolute atomic E-state index is 13.6. The number of amides is 2. The van der Waals surface area contributed by atoms with Crippen LogP contribution in [-0.4, -0.2) is 29.8 Å². The fraction of sp³-hybridized carbons (Fsp3) is 0.333. The van der Waals surface area contributed by atoms with Crippen LogP contribution in [0.25, 0.3) is 5.57 Å². The third-order valence-corrected chi connectivity index (χ3v) is 6.45. The third kappa shape index (κ3) is 3.75. The van der Waals surface area contributed by atoms with Gasteiger partial charge >= 0.3 is 0 Å². The number of anilines is 1. The van der Waals surface area contributed by atoms with Gasteiger partial charge in [0.05, 0.1) is 11.3 Å². The predicted octanol–water partition coefficient (Wildman–Crippen LogP) is 5.56. The van der Waals surface area contributed by atoms with Crippen molar-refractivity contribution < 1.29 is 9.59 Å². The van der Waals surface area contributed by atoms with Gasteiger partial charge in [-0.25, -0.2) is 4.90 Å². The molecule has 2 aromatic carbocycles. The van der Waals surface area contributed by atoms with Crippen molar-refractivity contribution in [2.24, 2.45) is 11.8 Å². The first kappa shape index (κ1) is 21.0. The van der Waals surface area contributed by atoms with Crippen LogP contribution in [0.1, 0.15) is 31.4 Å². The molecule has 0 bridgehead atoms. The van der Waals surface area contributed by atoms with Gasteiger partial charge in [0, 0.05) is 23.1 Å². The zero-order valence-electron chi connectivity index (χ0n) is 17.3. The van der Waals surface area contributed by atoms with E-state index < -0.39 is 0 Å². The topological polar surface area (TPSA) is 40.6 Å². The largest absolute Gasteiger partial charge is 0.366 e. The molecule has 2 heterocycles. The normalized spacial score (nSPS) is 22.3. The minimum Gasteiger partial charge on any atom is -0.366 e. The van der Waals surface area contributed by atoms with Crippen molar-refractivity contribution in [3.05, 3.63) is 69.3 Å². The molecular weight excluding hydrogens is 419 g/mol. The average Bonchev–Trinajstić information content (AvgIpc) is 2.94. The van der Waals surface area contributed by atoms with Crippen LogP contribution in [0.3, 0.4) is 0 Å². The molecule has 1 saturated heterocycles. The van der Waals surface area contributed by atoms with Gasteiger partial charge in [-0.2, -0.15) is 0 Å². The molecule has 4 nitrogen and oxygen atoms in total. The number of aryl methyl sites for hydroxylation is 1. The molecule has 30 heavy (non-hydrogen) atoms. The highest BCUT2D eigenvalue weighted by Gasteiger charge is 2.43. The van der Waals surface area contributed by atoms with Crippen LogP contribution < -0.4 is 4.90 Å². The van der Waals surface area contributed by atoms with Crippen molar-refractivity contribution in [3.8, 4) is 0 Å². The molecule has 1 fully saturated rings. The summed E-state index contributed by atoms with van der Waals surface area (Å²) in [7, 11) is 0. The van der Waals surface area contributed by atoms with E-state index in [1.807, 2.05) is 13.0 Å². The monoisotopic (exact) mass is 442 g/mol. The molecule has 0 aliphatic carbocycles. The molecule has 2 unspecified atom stereocenters. The first-order valence-corrected chi connectivity index (χ1v) is 10.9. The van der Waals surface area contributed by atoms with Crippen LogP contribution in [0.5, 0.6) is 0 Å². The molecule has 2 atom stereocenters. The number of nitrogens with zero attached hydrogens (tertiary/aromatic N) is 2. The Kier molecular flexibility index (Phi) is 5.65. The van der Waals surface area contributed by atoms with Gasteiger partial charge in [0.15, 0.2) is 0 Å². The van der Waals surface area contributed by atoms with Crippen molar-refractivity contribution in [1.82, 2.24) is 4.90 Å². The number of piperidine rings is 1. The molecule has 0 aromatic heterocycles. The Morgan fingerprint density at radius 3 is 2.13 bits per heavy atom. The van der Waals surface area contributed by atoms with Crippen LogP contribution in [0.15, 0.2) is 48.2 Å². The van der Waals surface area contributed by atoms with Gasteiger partial charge in [0.1, 0.15) is 5.70 Å². The predicted molar refractivity (Wildman–Crippen MR) is 122 cm³/mol. The number of hydrogen-bond acceptors (Lipinski definition) is 3. The van der Waals surface area contributed by atoms with Crippen LogP contribution in [0.2, 0.25) is 10.0 Å². The summed E-state index contributed by atoms with van der Waals surface area (Å²) < 4.78 is 0. The first-order chi connectivity index (χ1) is 14.3. The first-order valence-electron chi connectivity index (χ1n) is 10.2. The van der Waals surface area contributed by atoms with E-state index in [2.05, 4.69) is 18.7 Å². The lowest BCUT2D eigenvalue weighted by Gasteiger charge is -2.37. The van der Waals surface area contributed by atoms with Crippen molar-refractivity contribution in [1.29, 1.82) is 0 Å². The van der Waals surface area contributed by atoms with E-state index in [1.54, 1.807) is 36.4 Å². The smallest absolute Gasteiger partial charge is 0.282 e. The molecule has 2 amide bonds. The molecule has 0 N–H and O–H groups in total. The van der Waals surface area contributed by atoms with Gasteiger partial charge in [0.2, 0.25) is 0 Å². The number of carbonyl (C=O) groups is 2. The second-order valence-electron chi connectivity index (χ2n) is 8.46. The zero-order valence-corrected chi connectivity index (χ0v) is 18.8. The summed E-state index contributed by atoms with van der Waals surface area (Å²) in [6, 6.07) is 12.3. The molecule has 2 aliphatic rings. The Labute approximate surface area is 187 Å². The highest BCUT2D eigenvalue weighted by molar-refractivity contribution is 6.45. The van der Waals surface area contributed by atoms with E-state index >= 15 is 0 Å². The van der Waals surface area contributed by atoms with Gasteiger partial charge in [-0.15, -0.1) is 0 Å². The molecule has 0 saturated carbocycles. The highest BCUT2D eigenvalue weighted by atomic mass is 35.5. The minimum absolute atomic E-state index is 0.300. The van der Waals surface area contributed by atoms with Crippen molar-refractivity contribution in [3.63, 3.8) is 0 Å². The maximum atomic E-state index is 13.6. The number of hydrogen-bond donors (Lipinski definition) is 0. The van der Waals surface area contributed by atoms with Crippen LogP contribution in [0.4, 0.5) is 5.69 Å². The number of halogens is 2. The van der Waals surface area contributed by atoms with Crippen molar-refractivity contribution >= 4 is 46.3 Å². The van der Waals surface area contributed by atoms with E-state index in [9.17, 15) is 9.59 Å². The lowest BCUT2D eigenvalue weighted by Crippen LogP contribution is -2.42. The van der Waals surface area contributed by atoms with Crippen LogP contribution in [0, 0.1) is 18.8 Å². The van der Waals surface area contributed by atoms with Crippen molar-refractivity contribution in [2.75, 3.05) is 18.0 Å². The lowest BCUT2D eigenvalue weighted by molar-refractivity contribution is -0.120. The Hall–Kier alpha value is -2.30. The Bertz CT molecular complexity index is 1040. The van der Waals surface area contributed by atoms with Crippen LogP contribution >= 0.6 is 23.2 Å². The van der Waals surface area contributed by atoms with Gasteiger partial charge in [-0.05, 0) is 60.6 Å². The summed E-state index contributed by atoms with van der Waals surface area (Å²) in [5.41, 5.74) is 2.97. The summed E-state index contributed by atoms with van der Waals surface area (Å²) in [5, 5.41) is 1.11. The standard InChI is InChI=1S/C24H24Cl2N2O2/c1-14-10-15(2)13-27(12-14)22-21(17-5-7-18(25)8-6-17)23(29)28(24(22)30)19-9-4-16(3)20(26)11-19/h4-9,11,14-15H,10,12-13H2,1-3H3. The lowest BCUT2D eigenvalue weighted by atomic mass is 9.91. The maximum Gasteiger partial charge on any atom is 0.282 e. The van der Waals surface area contributed by atoms with Gasteiger partial charge in [-0.3, -0.25) is 9.59 Å². The quantitative estimate of drug-likeness (QED) is 0.583. The molecular formula is C24H24Cl2N2O2. The van der Waals surface area contributed by atoms with Gasteiger partial charge in [0.25, 0.3) is 11.8 Å². The Morgan fingerprint density at radius 1 is 0.900 bits per heavy atom. The molecule has 2 aromatic rings. The number of rotatable bonds is 3. The second kappa shape index (κ2) is 8.09. The number of benzene rings is 2. The molecule has 0 spiro atoms. The third-order valence-electron chi connectivity index (χ3n) is 5.79. The van der Waals surface area contributed by atoms with E-state index in [4.69, 9.17) is 23.2 Å². The van der Waals surface area contributed by atoms with Crippen molar-refractivity contribution in [2.45, 2.75) is 27.2 Å². The average molecular weight is 443 g/mol. The van der Waals surface area contributed by atoms with E-state index in [-0.39, 0.29) is 11.8 Å². The summed E-state index contributed by atoms with van der Waals surface area (Å²) in [4.78, 5) is 30.5. The fourth-order valence-corrected chi connectivity index (χ4v) is 4.79. The molecule has 6 heteroatoms. The Morgan fingerprint density at radius 2 is 1.53 bits per heavy atom. The molecule has 4 rings (SSSR count). The Balaban J connectivity index is 1.84. The minimum atomic E-state index is -0.330. The number of carbonyl (C=O) groups excluding carboxylic acids is 2. The SMILES string of the molecule is Cc1ccc(N2C(=O)C(c3ccc(Cl)cc3)=C(N3CC(C)CC(C)C3)C2=O)cc1Cl.